The highest BCUT2D eigenvalue weighted by molar-refractivity contribution is 14.0. The van der Waals surface area contributed by atoms with E-state index < -0.39 is 0 Å². The topological polar surface area (TPSA) is 68.9 Å². The maximum absolute atomic E-state index is 6.05. The first-order chi connectivity index (χ1) is 11.1. The first-order valence-electron chi connectivity index (χ1n) is 8.35. The van der Waals surface area contributed by atoms with E-state index in [9.17, 15) is 0 Å². The first-order valence-corrected chi connectivity index (χ1v) is 8.35. The quantitative estimate of drug-likeness (QED) is 0.304. The van der Waals surface area contributed by atoms with Crippen molar-refractivity contribution in [3.05, 3.63) is 18.2 Å². The van der Waals surface area contributed by atoms with Gasteiger partial charge in [-0.25, -0.2) is 0 Å². The van der Waals surface area contributed by atoms with Crippen LogP contribution in [-0.2, 0) is 0 Å². The first kappa shape index (κ1) is 20.9. The van der Waals surface area contributed by atoms with E-state index in [1.165, 1.54) is 38.5 Å². The molecule has 0 saturated heterocycles. The molecule has 0 radical (unpaired) electrons. The van der Waals surface area contributed by atoms with Crippen molar-refractivity contribution >= 4 is 35.6 Å². The Bertz CT molecular complexity index is 541. The van der Waals surface area contributed by atoms with E-state index in [0.29, 0.717) is 17.5 Å². The van der Waals surface area contributed by atoms with Crippen LogP contribution in [0.4, 0.5) is 5.69 Å². The minimum atomic E-state index is 0. The Morgan fingerprint density at radius 1 is 1.12 bits per heavy atom. The third-order valence-electron chi connectivity index (χ3n) is 4.60. The molecule has 1 fully saturated rings. The Labute approximate surface area is 162 Å². The predicted molar refractivity (Wildman–Crippen MR) is 111 cm³/mol. The van der Waals surface area contributed by atoms with Crippen molar-refractivity contribution in [1.29, 1.82) is 0 Å². The Morgan fingerprint density at radius 3 is 2.33 bits per heavy atom. The average molecular weight is 447 g/mol. The number of methoxy groups -OCH3 is 2. The summed E-state index contributed by atoms with van der Waals surface area (Å²) in [5.41, 5.74) is 7.17. The maximum atomic E-state index is 6.05. The molecule has 3 N–H and O–H groups in total. The molecule has 1 aliphatic carbocycles. The number of rotatable bonds is 5. The Hall–Kier alpha value is -1.18. The highest BCUT2D eigenvalue weighted by atomic mass is 127. The molecule has 1 saturated carbocycles. The summed E-state index contributed by atoms with van der Waals surface area (Å²) in [5, 5.41) is 3.13. The molecule has 5 nitrogen and oxygen atoms in total. The lowest BCUT2D eigenvalue weighted by Gasteiger charge is -2.26. The summed E-state index contributed by atoms with van der Waals surface area (Å²) in [6.45, 7) is 3.10. The number of nitrogens with one attached hydrogen (secondary N) is 1. The molecule has 0 bridgehead atoms. The van der Waals surface area contributed by atoms with Crippen LogP contribution in [-0.4, -0.2) is 26.7 Å². The lowest BCUT2D eigenvalue weighted by Crippen LogP contribution is -2.27. The molecule has 1 aromatic rings. The summed E-state index contributed by atoms with van der Waals surface area (Å²) in [6.07, 6.45) is 7.77. The molecule has 0 atom stereocenters. The van der Waals surface area contributed by atoms with E-state index in [1.807, 2.05) is 18.2 Å². The SMILES string of the molecule is COc1ccc(NC(N)=NCC2(C)CCCCCC2)cc1OC.I. The van der Waals surface area contributed by atoms with Crippen molar-refractivity contribution in [1.82, 2.24) is 0 Å². The summed E-state index contributed by atoms with van der Waals surface area (Å²) in [7, 11) is 3.24. The summed E-state index contributed by atoms with van der Waals surface area (Å²) < 4.78 is 10.5. The molecule has 0 spiro atoms. The van der Waals surface area contributed by atoms with Gasteiger partial charge in [-0.15, -0.1) is 24.0 Å². The van der Waals surface area contributed by atoms with Gasteiger partial charge in [0, 0.05) is 18.3 Å². The molecule has 1 aromatic carbocycles. The molecule has 1 aliphatic rings. The number of benzene rings is 1. The zero-order valence-electron chi connectivity index (χ0n) is 14.9. The Kier molecular flexibility index (Phi) is 8.66. The number of hydrogen-bond acceptors (Lipinski definition) is 3. The van der Waals surface area contributed by atoms with E-state index in [0.717, 1.165) is 12.2 Å². The lowest BCUT2D eigenvalue weighted by atomic mass is 9.83. The molecular formula is C18H30IN3O2. The number of halogens is 1. The van der Waals surface area contributed by atoms with E-state index in [2.05, 4.69) is 17.2 Å². The fraction of sp³-hybridized carbons (Fsp3) is 0.611. The number of aliphatic imine (C=N–C) groups is 1. The van der Waals surface area contributed by atoms with Gasteiger partial charge in [-0.3, -0.25) is 4.99 Å². The second-order valence-corrected chi connectivity index (χ2v) is 6.62. The van der Waals surface area contributed by atoms with Gasteiger partial charge in [0.1, 0.15) is 0 Å². The highest BCUT2D eigenvalue weighted by Gasteiger charge is 2.25. The van der Waals surface area contributed by atoms with Crippen molar-refractivity contribution in [3.63, 3.8) is 0 Å². The van der Waals surface area contributed by atoms with Gasteiger partial charge in [-0.05, 0) is 30.4 Å². The maximum Gasteiger partial charge on any atom is 0.193 e. The van der Waals surface area contributed by atoms with Gasteiger partial charge in [0.05, 0.1) is 14.2 Å². The van der Waals surface area contributed by atoms with Crippen molar-refractivity contribution in [2.45, 2.75) is 45.4 Å². The van der Waals surface area contributed by atoms with Gasteiger partial charge in [-0.2, -0.15) is 0 Å². The Balaban J connectivity index is 0.00000288. The zero-order chi connectivity index (χ0) is 16.7. The number of nitrogens with zero attached hydrogens (tertiary/aromatic N) is 1. The minimum absolute atomic E-state index is 0. The predicted octanol–water partition coefficient (Wildman–Crippen LogP) is 4.41. The van der Waals surface area contributed by atoms with Crippen LogP contribution in [0.15, 0.2) is 23.2 Å². The Morgan fingerprint density at radius 2 is 1.75 bits per heavy atom. The third-order valence-corrected chi connectivity index (χ3v) is 4.60. The summed E-state index contributed by atoms with van der Waals surface area (Å²) >= 11 is 0. The standard InChI is InChI=1S/C18H29N3O2.HI/c1-18(10-6-4-5-7-11-18)13-20-17(19)21-14-8-9-15(22-2)16(12-14)23-3;/h8-9,12H,4-7,10-11,13H2,1-3H3,(H3,19,20,21);1H. The second kappa shape index (κ2) is 9.96. The number of anilines is 1. The molecule has 2 rings (SSSR count). The fourth-order valence-corrected chi connectivity index (χ4v) is 3.12. The van der Waals surface area contributed by atoms with Gasteiger partial charge in [0.15, 0.2) is 17.5 Å². The van der Waals surface area contributed by atoms with Crippen LogP contribution >= 0.6 is 24.0 Å². The van der Waals surface area contributed by atoms with E-state index in [-0.39, 0.29) is 29.4 Å². The van der Waals surface area contributed by atoms with Crippen LogP contribution in [0.1, 0.15) is 45.4 Å². The molecule has 0 unspecified atom stereocenters. The lowest BCUT2D eigenvalue weighted by molar-refractivity contribution is 0.290. The van der Waals surface area contributed by atoms with Crippen LogP contribution in [0.25, 0.3) is 0 Å². The van der Waals surface area contributed by atoms with E-state index >= 15 is 0 Å². The molecule has 6 heteroatoms. The van der Waals surface area contributed by atoms with Crippen molar-refractivity contribution < 1.29 is 9.47 Å². The summed E-state index contributed by atoms with van der Waals surface area (Å²) in [6, 6.07) is 5.60. The number of nitrogens with two attached hydrogens (primary N) is 1. The van der Waals surface area contributed by atoms with Crippen LogP contribution < -0.4 is 20.5 Å². The van der Waals surface area contributed by atoms with Crippen LogP contribution in [0.5, 0.6) is 11.5 Å². The van der Waals surface area contributed by atoms with Gasteiger partial charge < -0.3 is 20.5 Å². The monoisotopic (exact) mass is 447 g/mol. The average Bonchev–Trinajstić information content (AvgIpc) is 2.78. The molecular weight excluding hydrogens is 417 g/mol. The van der Waals surface area contributed by atoms with Gasteiger partial charge in [-0.1, -0.05) is 32.6 Å². The minimum Gasteiger partial charge on any atom is -0.493 e. The van der Waals surface area contributed by atoms with Crippen molar-refractivity contribution in [2.24, 2.45) is 16.1 Å². The summed E-state index contributed by atoms with van der Waals surface area (Å²) in [4.78, 5) is 4.57. The fourth-order valence-electron chi connectivity index (χ4n) is 3.12. The largest absolute Gasteiger partial charge is 0.493 e. The molecule has 24 heavy (non-hydrogen) atoms. The summed E-state index contributed by atoms with van der Waals surface area (Å²) in [5.74, 6) is 1.81. The number of ether oxygens (including phenoxy) is 2. The van der Waals surface area contributed by atoms with Gasteiger partial charge in [0.2, 0.25) is 0 Å². The number of guanidine groups is 1. The molecule has 0 heterocycles. The van der Waals surface area contributed by atoms with Crippen LogP contribution in [0, 0.1) is 5.41 Å². The van der Waals surface area contributed by atoms with Crippen molar-refractivity contribution in [3.8, 4) is 11.5 Å². The smallest absolute Gasteiger partial charge is 0.193 e. The van der Waals surface area contributed by atoms with E-state index in [1.54, 1.807) is 14.2 Å². The normalized spacial score (nSPS) is 17.4. The van der Waals surface area contributed by atoms with Crippen LogP contribution in [0.2, 0.25) is 0 Å². The third kappa shape index (κ3) is 6.03. The molecule has 136 valence electrons. The molecule has 0 amide bonds. The van der Waals surface area contributed by atoms with E-state index in [4.69, 9.17) is 15.2 Å². The highest BCUT2D eigenvalue weighted by Crippen LogP contribution is 2.34. The molecule has 0 aliphatic heterocycles. The van der Waals surface area contributed by atoms with Gasteiger partial charge >= 0.3 is 0 Å². The number of hydrogen-bond donors (Lipinski definition) is 2. The van der Waals surface area contributed by atoms with Gasteiger partial charge in [0.25, 0.3) is 0 Å². The van der Waals surface area contributed by atoms with Crippen molar-refractivity contribution in [2.75, 3.05) is 26.1 Å². The van der Waals surface area contributed by atoms with Crippen LogP contribution in [0.3, 0.4) is 0 Å². The zero-order valence-corrected chi connectivity index (χ0v) is 17.3. The second-order valence-electron chi connectivity index (χ2n) is 6.62. The molecule has 0 aromatic heterocycles.